The molecule has 0 saturated heterocycles. The number of rotatable bonds is 8. The molecule has 1 rings (SSSR count). The summed E-state index contributed by atoms with van der Waals surface area (Å²) in [5, 5.41) is 0. The van der Waals surface area contributed by atoms with E-state index in [1.165, 1.54) is 29.3 Å². The van der Waals surface area contributed by atoms with Crippen molar-refractivity contribution in [2.75, 3.05) is 19.7 Å². The predicted octanol–water partition coefficient (Wildman–Crippen LogP) is 1.94. The van der Waals surface area contributed by atoms with Crippen molar-refractivity contribution < 1.29 is 23.1 Å². The third-order valence-corrected chi connectivity index (χ3v) is 2.65. The fraction of sp³-hybridized carbons (Fsp3) is 0.429. The summed E-state index contributed by atoms with van der Waals surface area (Å²) in [4.78, 5) is 25.0. The molecule has 0 aliphatic heterocycles. The van der Waals surface area contributed by atoms with Crippen LogP contribution in [0.3, 0.4) is 0 Å². The van der Waals surface area contributed by atoms with Crippen LogP contribution < -0.4 is 0 Å². The van der Waals surface area contributed by atoms with Crippen molar-refractivity contribution in [2.24, 2.45) is 0 Å². The molecule has 21 heavy (non-hydrogen) atoms. The van der Waals surface area contributed by atoms with Crippen molar-refractivity contribution in [1.82, 2.24) is 9.47 Å². The highest BCUT2D eigenvalue weighted by Gasteiger charge is 2.21. The van der Waals surface area contributed by atoms with Crippen LogP contribution in [0.1, 0.15) is 17.4 Å². The molecule has 5 nitrogen and oxygen atoms in total. The first-order chi connectivity index (χ1) is 9.99. The lowest BCUT2D eigenvalue weighted by Gasteiger charge is -2.21. The average molecular weight is 300 g/mol. The normalized spacial score (nSPS) is 10.5. The lowest BCUT2D eigenvalue weighted by atomic mass is 10.3. The van der Waals surface area contributed by atoms with Crippen LogP contribution in [0.5, 0.6) is 0 Å². The van der Waals surface area contributed by atoms with Crippen LogP contribution >= 0.6 is 0 Å². The van der Waals surface area contributed by atoms with E-state index in [9.17, 15) is 18.4 Å². The number of aromatic nitrogens is 1. The van der Waals surface area contributed by atoms with Gasteiger partial charge in [0.25, 0.3) is 12.3 Å². The van der Waals surface area contributed by atoms with E-state index in [0.29, 0.717) is 0 Å². The van der Waals surface area contributed by atoms with E-state index >= 15 is 0 Å². The Kier molecular flexibility index (Phi) is 6.58. The van der Waals surface area contributed by atoms with E-state index in [2.05, 4.69) is 6.58 Å². The van der Waals surface area contributed by atoms with E-state index in [1.807, 2.05) is 0 Å². The van der Waals surface area contributed by atoms with Crippen molar-refractivity contribution in [3.63, 3.8) is 0 Å². The number of hydrogen-bond acceptors (Lipinski definition) is 3. The number of halogens is 2. The van der Waals surface area contributed by atoms with Gasteiger partial charge in [0.15, 0.2) is 0 Å². The number of carbonyl (C=O) groups excluding carboxylic acids is 2. The lowest BCUT2D eigenvalue weighted by Crippen LogP contribution is -2.37. The molecular formula is C14H18F2N2O3. The first-order valence-electron chi connectivity index (χ1n) is 6.48. The second kappa shape index (κ2) is 8.18. The van der Waals surface area contributed by atoms with Gasteiger partial charge in [-0.25, -0.2) is 8.78 Å². The average Bonchev–Trinajstić information content (AvgIpc) is 2.85. The summed E-state index contributed by atoms with van der Waals surface area (Å²) in [5.74, 6) is -1.08. The Hall–Kier alpha value is -2.18. The molecule has 0 spiro atoms. The lowest BCUT2D eigenvalue weighted by molar-refractivity contribution is -0.143. The minimum Gasteiger partial charge on any atom is -0.465 e. The molecule has 0 atom stereocenters. The Morgan fingerprint density at radius 3 is 2.81 bits per heavy atom. The van der Waals surface area contributed by atoms with Crippen LogP contribution in [0.15, 0.2) is 31.0 Å². The van der Waals surface area contributed by atoms with Gasteiger partial charge < -0.3 is 14.2 Å². The standard InChI is InChI=1S/C14H18F2N2O3/c1-3-7-18(10-13(19)21-4-2)14(20)11-6-5-8-17(11)9-12(15)16/h3,5-6,8,12H,1,4,7,9-10H2,2H3. The van der Waals surface area contributed by atoms with Crippen LogP contribution in [-0.2, 0) is 16.1 Å². The molecule has 0 unspecified atom stereocenters. The summed E-state index contributed by atoms with van der Waals surface area (Å²) in [6.07, 6.45) is 0.287. The molecule has 1 amide bonds. The zero-order chi connectivity index (χ0) is 15.8. The zero-order valence-corrected chi connectivity index (χ0v) is 11.8. The molecule has 1 heterocycles. The van der Waals surface area contributed by atoms with Crippen LogP contribution in [0.4, 0.5) is 8.78 Å². The van der Waals surface area contributed by atoms with Gasteiger partial charge in [0.2, 0.25) is 0 Å². The molecule has 0 bridgehead atoms. The molecular weight excluding hydrogens is 282 g/mol. The van der Waals surface area contributed by atoms with Crippen molar-refractivity contribution in [3.05, 3.63) is 36.7 Å². The molecule has 7 heteroatoms. The molecule has 0 N–H and O–H groups in total. The van der Waals surface area contributed by atoms with Gasteiger partial charge >= 0.3 is 5.97 Å². The van der Waals surface area contributed by atoms with Crippen molar-refractivity contribution in [1.29, 1.82) is 0 Å². The second-order valence-corrected chi connectivity index (χ2v) is 4.22. The van der Waals surface area contributed by atoms with E-state index < -0.39 is 24.8 Å². The SMILES string of the molecule is C=CCN(CC(=O)OCC)C(=O)c1cccn1CC(F)F. The Morgan fingerprint density at radius 2 is 2.24 bits per heavy atom. The molecule has 0 aromatic carbocycles. The summed E-state index contributed by atoms with van der Waals surface area (Å²) in [7, 11) is 0. The predicted molar refractivity (Wildman–Crippen MR) is 73.2 cm³/mol. The number of ether oxygens (including phenoxy) is 1. The minimum absolute atomic E-state index is 0.0986. The monoisotopic (exact) mass is 300 g/mol. The molecule has 0 aliphatic carbocycles. The molecule has 0 aliphatic rings. The van der Waals surface area contributed by atoms with Crippen LogP contribution in [0, 0.1) is 0 Å². The third kappa shape index (κ3) is 5.02. The minimum atomic E-state index is -2.57. The fourth-order valence-corrected chi connectivity index (χ4v) is 1.82. The smallest absolute Gasteiger partial charge is 0.325 e. The summed E-state index contributed by atoms with van der Waals surface area (Å²) < 4.78 is 30.9. The molecule has 1 aromatic heterocycles. The number of amides is 1. The Labute approximate surface area is 121 Å². The zero-order valence-electron chi connectivity index (χ0n) is 11.8. The van der Waals surface area contributed by atoms with E-state index in [1.54, 1.807) is 6.92 Å². The molecule has 0 saturated carbocycles. The second-order valence-electron chi connectivity index (χ2n) is 4.22. The van der Waals surface area contributed by atoms with Gasteiger partial charge in [-0.15, -0.1) is 6.58 Å². The van der Waals surface area contributed by atoms with E-state index in [0.717, 1.165) is 4.57 Å². The van der Waals surface area contributed by atoms with Gasteiger partial charge in [-0.3, -0.25) is 9.59 Å². The molecule has 1 aromatic rings. The maximum Gasteiger partial charge on any atom is 0.325 e. The number of nitrogens with zero attached hydrogens (tertiary/aromatic N) is 2. The van der Waals surface area contributed by atoms with Gasteiger partial charge in [-0.05, 0) is 19.1 Å². The number of hydrogen-bond donors (Lipinski definition) is 0. The number of alkyl halides is 2. The summed E-state index contributed by atoms with van der Waals surface area (Å²) in [6, 6.07) is 2.94. The van der Waals surface area contributed by atoms with Gasteiger partial charge in [0, 0.05) is 12.7 Å². The van der Waals surface area contributed by atoms with Gasteiger partial charge in [0.05, 0.1) is 13.2 Å². The largest absolute Gasteiger partial charge is 0.465 e. The fourth-order valence-electron chi connectivity index (χ4n) is 1.82. The molecule has 0 fully saturated rings. The Balaban J connectivity index is 2.87. The van der Waals surface area contributed by atoms with Gasteiger partial charge in [-0.1, -0.05) is 6.08 Å². The summed E-state index contributed by atoms with van der Waals surface area (Å²) >= 11 is 0. The number of esters is 1. The van der Waals surface area contributed by atoms with Crippen LogP contribution in [0.2, 0.25) is 0 Å². The van der Waals surface area contributed by atoms with Crippen molar-refractivity contribution in [2.45, 2.75) is 19.9 Å². The first-order valence-corrected chi connectivity index (χ1v) is 6.48. The van der Waals surface area contributed by atoms with E-state index in [-0.39, 0.29) is 25.4 Å². The summed E-state index contributed by atoms with van der Waals surface area (Å²) in [5.41, 5.74) is 0.0986. The van der Waals surface area contributed by atoms with Crippen LogP contribution in [-0.4, -0.2) is 47.5 Å². The summed E-state index contributed by atoms with van der Waals surface area (Å²) in [6.45, 7) is 4.68. The molecule has 116 valence electrons. The van der Waals surface area contributed by atoms with Crippen LogP contribution in [0.25, 0.3) is 0 Å². The third-order valence-electron chi connectivity index (χ3n) is 2.65. The highest BCUT2D eigenvalue weighted by molar-refractivity contribution is 5.94. The van der Waals surface area contributed by atoms with E-state index in [4.69, 9.17) is 4.74 Å². The maximum absolute atomic E-state index is 12.5. The van der Waals surface area contributed by atoms with Crippen molar-refractivity contribution in [3.8, 4) is 0 Å². The van der Waals surface area contributed by atoms with Gasteiger partial charge in [0.1, 0.15) is 12.2 Å². The topological polar surface area (TPSA) is 51.5 Å². The Bertz CT molecular complexity index is 500. The van der Waals surface area contributed by atoms with Gasteiger partial charge in [-0.2, -0.15) is 0 Å². The highest BCUT2D eigenvalue weighted by Crippen LogP contribution is 2.10. The number of carbonyl (C=O) groups is 2. The molecule has 0 radical (unpaired) electrons. The quantitative estimate of drug-likeness (QED) is 0.544. The highest BCUT2D eigenvalue weighted by atomic mass is 19.3. The van der Waals surface area contributed by atoms with Crippen molar-refractivity contribution >= 4 is 11.9 Å². The Morgan fingerprint density at radius 1 is 1.52 bits per heavy atom. The maximum atomic E-state index is 12.5. The first kappa shape index (κ1) is 16.9.